The molecule has 0 saturated carbocycles. The van der Waals surface area contributed by atoms with Crippen molar-refractivity contribution in [3.8, 4) is 0 Å². The van der Waals surface area contributed by atoms with Gasteiger partial charge in [0, 0.05) is 19.0 Å². The van der Waals surface area contributed by atoms with E-state index in [1.807, 2.05) is 58.0 Å². The van der Waals surface area contributed by atoms with Gasteiger partial charge < -0.3 is 10.2 Å². The van der Waals surface area contributed by atoms with E-state index in [0.29, 0.717) is 21.3 Å². The van der Waals surface area contributed by atoms with Crippen molar-refractivity contribution in [3.05, 3.63) is 129 Å². The normalized spacial score (nSPS) is 12.1. The molecule has 0 aliphatic rings. The first-order valence-corrected chi connectivity index (χ1v) is 16.8. The van der Waals surface area contributed by atoms with Crippen LogP contribution >= 0.6 is 23.2 Å². The Morgan fingerprint density at radius 1 is 0.778 bits per heavy atom. The molecule has 0 saturated heterocycles. The van der Waals surface area contributed by atoms with Crippen molar-refractivity contribution in [2.24, 2.45) is 0 Å². The van der Waals surface area contributed by atoms with Gasteiger partial charge in [-0.1, -0.05) is 95.0 Å². The Balaban J connectivity index is 1.81. The molecule has 7 nitrogen and oxygen atoms in total. The summed E-state index contributed by atoms with van der Waals surface area (Å²) in [7, 11) is -4.17. The van der Waals surface area contributed by atoms with Crippen LogP contribution in [0.2, 0.25) is 10.0 Å². The van der Waals surface area contributed by atoms with Crippen molar-refractivity contribution in [2.45, 2.75) is 57.6 Å². The standard InChI is InChI=1S/C35H37Cl2N3O4S/c1-24(2)38-35(42)33(21-27-8-6-5-7-9-27)39(22-28-14-19-31(36)32(37)20-28)34(41)23-40(29-15-10-25(3)11-16-29)45(43,44)30-17-12-26(4)13-18-30/h5-20,24,33H,21-23H2,1-4H3,(H,38,42)/t33-/m1/s1. The number of benzene rings is 4. The molecule has 0 spiro atoms. The fraction of sp³-hybridized carbons (Fsp3) is 0.257. The molecule has 0 aromatic heterocycles. The van der Waals surface area contributed by atoms with Crippen LogP contribution in [0.3, 0.4) is 0 Å². The molecule has 1 N–H and O–H groups in total. The number of sulfonamides is 1. The monoisotopic (exact) mass is 665 g/mol. The molecular formula is C35H37Cl2N3O4S. The van der Waals surface area contributed by atoms with E-state index in [2.05, 4.69) is 5.32 Å². The van der Waals surface area contributed by atoms with Crippen LogP contribution in [-0.2, 0) is 32.6 Å². The SMILES string of the molecule is Cc1ccc(N(CC(=O)N(Cc2ccc(Cl)c(Cl)c2)[C@H](Cc2ccccc2)C(=O)NC(C)C)S(=O)(=O)c2ccc(C)cc2)cc1. The van der Waals surface area contributed by atoms with Crippen molar-refractivity contribution in [1.82, 2.24) is 10.2 Å². The number of hydrogen-bond donors (Lipinski definition) is 1. The molecule has 236 valence electrons. The van der Waals surface area contributed by atoms with E-state index in [4.69, 9.17) is 23.2 Å². The van der Waals surface area contributed by atoms with Crippen LogP contribution in [0.4, 0.5) is 5.69 Å². The van der Waals surface area contributed by atoms with Gasteiger partial charge in [-0.15, -0.1) is 0 Å². The van der Waals surface area contributed by atoms with Gasteiger partial charge in [-0.2, -0.15) is 0 Å². The third-order valence-electron chi connectivity index (χ3n) is 7.25. The van der Waals surface area contributed by atoms with Gasteiger partial charge in [-0.05, 0) is 75.2 Å². The molecular weight excluding hydrogens is 629 g/mol. The Labute approximate surface area is 275 Å². The van der Waals surface area contributed by atoms with Crippen LogP contribution in [0.15, 0.2) is 102 Å². The van der Waals surface area contributed by atoms with Crippen LogP contribution < -0.4 is 9.62 Å². The minimum atomic E-state index is -4.17. The Hall–Kier alpha value is -3.85. The molecule has 1 atom stereocenters. The second-order valence-corrected chi connectivity index (χ2v) is 14.0. The van der Waals surface area contributed by atoms with E-state index in [1.54, 1.807) is 54.6 Å². The molecule has 0 fully saturated rings. The topological polar surface area (TPSA) is 86.8 Å². The van der Waals surface area contributed by atoms with Crippen LogP contribution in [0, 0.1) is 13.8 Å². The molecule has 10 heteroatoms. The number of anilines is 1. The molecule has 0 unspecified atom stereocenters. The van der Waals surface area contributed by atoms with E-state index < -0.39 is 28.5 Å². The van der Waals surface area contributed by atoms with Gasteiger partial charge in [0.25, 0.3) is 10.0 Å². The highest BCUT2D eigenvalue weighted by Gasteiger charge is 2.35. The molecule has 4 aromatic rings. The summed E-state index contributed by atoms with van der Waals surface area (Å²) >= 11 is 12.5. The number of hydrogen-bond acceptors (Lipinski definition) is 4. The Morgan fingerprint density at radius 3 is 1.96 bits per heavy atom. The highest BCUT2D eigenvalue weighted by Crippen LogP contribution is 2.27. The summed E-state index contributed by atoms with van der Waals surface area (Å²) in [4.78, 5) is 29.7. The smallest absolute Gasteiger partial charge is 0.264 e. The van der Waals surface area contributed by atoms with E-state index in [-0.39, 0.29) is 29.8 Å². The highest BCUT2D eigenvalue weighted by molar-refractivity contribution is 7.92. The lowest BCUT2D eigenvalue weighted by Crippen LogP contribution is -2.54. The molecule has 4 rings (SSSR count). The van der Waals surface area contributed by atoms with Gasteiger partial charge in [-0.25, -0.2) is 8.42 Å². The van der Waals surface area contributed by atoms with Crippen LogP contribution in [-0.4, -0.2) is 43.8 Å². The van der Waals surface area contributed by atoms with Gasteiger partial charge in [0.15, 0.2) is 0 Å². The summed E-state index contributed by atoms with van der Waals surface area (Å²) in [5, 5.41) is 3.60. The average Bonchev–Trinajstić information content (AvgIpc) is 3.00. The first kappa shape index (κ1) is 34.0. The first-order chi connectivity index (χ1) is 21.3. The van der Waals surface area contributed by atoms with Gasteiger partial charge in [-0.3, -0.25) is 13.9 Å². The number of nitrogens with one attached hydrogen (secondary N) is 1. The van der Waals surface area contributed by atoms with Crippen molar-refractivity contribution >= 4 is 50.7 Å². The van der Waals surface area contributed by atoms with E-state index in [9.17, 15) is 18.0 Å². The lowest BCUT2D eigenvalue weighted by molar-refractivity contribution is -0.140. The zero-order valence-electron chi connectivity index (χ0n) is 25.7. The van der Waals surface area contributed by atoms with Crippen molar-refractivity contribution in [2.75, 3.05) is 10.8 Å². The zero-order valence-corrected chi connectivity index (χ0v) is 28.0. The molecule has 0 heterocycles. The Kier molecular flexibility index (Phi) is 11.3. The number of carbonyl (C=O) groups excluding carboxylic acids is 2. The van der Waals surface area contributed by atoms with E-state index in [1.165, 1.54) is 17.0 Å². The lowest BCUT2D eigenvalue weighted by atomic mass is 10.0. The number of rotatable bonds is 12. The molecule has 0 aliphatic carbocycles. The maximum Gasteiger partial charge on any atom is 0.264 e. The summed E-state index contributed by atoms with van der Waals surface area (Å²) in [6.07, 6.45) is 0.210. The summed E-state index contributed by atoms with van der Waals surface area (Å²) in [6, 6.07) is 26.6. The fourth-order valence-electron chi connectivity index (χ4n) is 4.85. The lowest BCUT2D eigenvalue weighted by Gasteiger charge is -2.34. The quantitative estimate of drug-likeness (QED) is 0.177. The number of aryl methyl sites for hydroxylation is 2. The predicted molar refractivity (Wildman–Crippen MR) is 181 cm³/mol. The summed E-state index contributed by atoms with van der Waals surface area (Å²) < 4.78 is 29.3. The minimum absolute atomic E-state index is 0.00887. The second kappa shape index (κ2) is 15.0. The molecule has 2 amide bonds. The van der Waals surface area contributed by atoms with Gasteiger partial charge >= 0.3 is 0 Å². The Bertz CT molecular complexity index is 1730. The third kappa shape index (κ3) is 8.87. The third-order valence-corrected chi connectivity index (χ3v) is 9.78. The first-order valence-electron chi connectivity index (χ1n) is 14.6. The maximum absolute atomic E-state index is 14.5. The predicted octanol–water partition coefficient (Wildman–Crippen LogP) is 6.97. The van der Waals surface area contributed by atoms with E-state index in [0.717, 1.165) is 21.0 Å². The molecule has 4 aromatic carbocycles. The van der Waals surface area contributed by atoms with Gasteiger partial charge in [0.1, 0.15) is 12.6 Å². The zero-order chi connectivity index (χ0) is 32.7. The number of amides is 2. The average molecular weight is 667 g/mol. The van der Waals surface area contributed by atoms with Crippen LogP contribution in [0.25, 0.3) is 0 Å². The summed E-state index contributed by atoms with van der Waals surface area (Å²) in [5.41, 5.74) is 3.65. The van der Waals surface area contributed by atoms with Crippen LogP contribution in [0.1, 0.15) is 36.1 Å². The Morgan fingerprint density at radius 2 is 1.38 bits per heavy atom. The summed E-state index contributed by atoms with van der Waals surface area (Å²) in [6.45, 7) is 6.90. The van der Waals surface area contributed by atoms with Crippen molar-refractivity contribution in [3.63, 3.8) is 0 Å². The van der Waals surface area contributed by atoms with Crippen molar-refractivity contribution in [1.29, 1.82) is 0 Å². The highest BCUT2D eigenvalue weighted by atomic mass is 35.5. The number of halogens is 2. The van der Waals surface area contributed by atoms with Crippen LogP contribution in [0.5, 0.6) is 0 Å². The van der Waals surface area contributed by atoms with E-state index >= 15 is 0 Å². The summed E-state index contributed by atoms with van der Waals surface area (Å²) in [5.74, 6) is -0.914. The van der Waals surface area contributed by atoms with Gasteiger partial charge in [0.05, 0.1) is 20.6 Å². The molecule has 0 radical (unpaired) electrons. The van der Waals surface area contributed by atoms with Gasteiger partial charge in [0.2, 0.25) is 11.8 Å². The second-order valence-electron chi connectivity index (χ2n) is 11.3. The largest absolute Gasteiger partial charge is 0.352 e. The minimum Gasteiger partial charge on any atom is -0.352 e. The maximum atomic E-state index is 14.5. The number of nitrogens with zero attached hydrogens (tertiary/aromatic N) is 2. The molecule has 0 bridgehead atoms. The molecule has 0 aliphatic heterocycles. The molecule has 45 heavy (non-hydrogen) atoms. The van der Waals surface area contributed by atoms with Crippen molar-refractivity contribution < 1.29 is 18.0 Å². The fourth-order valence-corrected chi connectivity index (χ4v) is 6.58. The number of carbonyl (C=O) groups is 2.